The highest BCUT2D eigenvalue weighted by Gasteiger charge is 2.27. The van der Waals surface area contributed by atoms with E-state index < -0.39 is 5.91 Å². The van der Waals surface area contributed by atoms with Gasteiger partial charge in [0, 0.05) is 5.56 Å². The largest absolute Gasteiger partial charge is 0.454 e. The predicted octanol–water partition coefficient (Wildman–Crippen LogP) is 2.17. The van der Waals surface area contributed by atoms with Crippen LogP contribution in [0.3, 0.4) is 0 Å². The molecule has 2 aromatic carbocycles. The number of nitrogens with two attached hydrogens (primary N) is 1. The molecule has 0 radical (unpaired) electrons. The van der Waals surface area contributed by atoms with E-state index in [0.29, 0.717) is 34.9 Å². The lowest BCUT2D eigenvalue weighted by molar-refractivity contribution is 0.0950. The minimum absolute atomic E-state index is 0.00327. The summed E-state index contributed by atoms with van der Waals surface area (Å²) in [5.74, 6) is 0.631. The standard InChI is InChI=1S/C21H18N8O4/c1-2-14(12-6-4-3-5-7-12)23-25-21(30)17-18(13-8-9-15-16(10-13)32-11-31-15)29(28-24-17)20-19(22)26-33-27-20/h3-10H,2,11H2,1H3,(H2,22,26)(H,25,30)/b23-14-. The maximum atomic E-state index is 13.1. The van der Waals surface area contributed by atoms with Gasteiger partial charge in [0.1, 0.15) is 5.69 Å². The normalized spacial score (nSPS) is 12.7. The molecule has 166 valence electrons. The van der Waals surface area contributed by atoms with Gasteiger partial charge in [-0.05, 0) is 40.5 Å². The maximum Gasteiger partial charge on any atom is 0.294 e. The summed E-state index contributed by atoms with van der Waals surface area (Å²) in [4.78, 5) is 13.1. The Balaban J connectivity index is 1.55. The summed E-state index contributed by atoms with van der Waals surface area (Å²) in [5, 5.41) is 19.8. The number of aromatic nitrogens is 5. The van der Waals surface area contributed by atoms with Crippen LogP contribution in [-0.4, -0.2) is 43.7 Å². The number of hydrazone groups is 1. The second-order valence-electron chi connectivity index (χ2n) is 6.96. The second-order valence-corrected chi connectivity index (χ2v) is 6.96. The number of hydrogen-bond donors (Lipinski definition) is 2. The SMILES string of the molecule is CC/C(=N/NC(=O)c1nnn(-c2nonc2N)c1-c1ccc2c(c1)OCO2)c1ccccc1. The molecule has 5 rings (SSSR count). The van der Waals surface area contributed by atoms with Gasteiger partial charge >= 0.3 is 0 Å². The van der Waals surface area contributed by atoms with E-state index in [-0.39, 0.29) is 24.1 Å². The molecule has 3 N–H and O–H groups in total. The smallest absolute Gasteiger partial charge is 0.294 e. The molecule has 0 saturated carbocycles. The van der Waals surface area contributed by atoms with E-state index in [4.69, 9.17) is 19.8 Å². The van der Waals surface area contributed by atoms with Crippen molar-refractivity contribution in [3.8, 4) is 28.6 Å². The molecule has 0 atom stereocenters. The number of hydrogen-bond acceptors (Lipinski definition) is 10. The minimum atomic E-state index is -0.564. The molecule has 0 fully saturated rings. The first-order chi connectivity index (χ1) is 16.2. The summed E-state index contributed by atoms with van der Waals surface area (Å²) < 4.78 is 16.8. The topological polar surface area (TPSA) is 156 Å². The van der Waals surface area contributed by atoms with Crippen molar-refractivity contribution in [1.82, 2.24) is 30.7 Å². The van der Waals surface area contributed by atoms with Gasteiger partial charge in [-0.1, -0.05) is 42.5 Å². The Kier molecular flexibility index (Phi) is 5.15. The molecule has 33 heavy (non-hydrogen) atoms. The lowest BCUT2D eigenvalue weighted by Crippen LogP contribution is -2.21. The molecule has 1 aliphatic rings. The third-order valence-corrected chi connectivity index (χ3v) is 4.96. The zero-order valence-corrected chi connectivity index (χ0v) is 17.4. The van der Waals surface area contributed by atoms with E-state index >= 15 is 0 Å². The molecular weight excluding hydrogens is 428 g/mol. The van der Waals surface area contributed by atoms with Crippen molar-refractivity contribution in [2.45, 2.75) is 13.3 Å². The van der Waals surface area contributed by atoms with Crippen LogP contribution in [0.15, 0.2) is 58.3 Å². The van der Waals surface area contributed by atoms with Gasteiger partial charge in [-0.25, -0.2) is 10.1 Å². The lowest BCUT2D eigenvalue weighted by atomic mass is 10.1. The molecular formula is C21H18N8O4. The molecule has 0 bridgehead atoms. The van der Waals surface area contributed by atoms with Gasteiger partial charge in [0.2, 0.25) is 18.4 Å². The van der Waals surface area contributed by atoms with E-state index in [9.17, 15) is 4.79 Å². The van der Waals surface area contributed by atoms with Crippen molar-refractivity contribution in [3.63, 3.8) is 0 Å². The number of nitrogens with one attached hydrogen (secondary N) is 1. The van der Waals surface area contributed by atoms with Crippen LogP contribution >= 0.6 is 0 Å². The summed E-state index contributed by atoms with van der Waals surface area (Å²) >= 11 is 0. The summed E-state index contributed by atoms with van der Waals surface area (Å²) in [6.45, 7) is 2.06. The first-order valence-corrected chi connectivity index (χ1v) is 10.0. The fraction of sp³-hybridized carbons (Fsp3) is 0.143. The highest BCUT2D eigenvalue weighted by Crippen LogP contribution is 2.37. The second kappa shape index (κ2) is 8.42. The van der Waals surface area contributed by atoms with Gasteiger partial charge in [0.15, 0.2) is 17.2 Å². The Labute approximate surface area is 186 Å². The van der Waals surface area contributed by atoms with Gasteiger partial charge in [0.25, 0.3) is 5.91 Å². The summed E-state index contributed by atoms with van der Waals surface area (Å²) in [6.07, 6.45) is 0.618. The molecule has 2 aromatic heterocycles. The average molecular weight is 446 g/mol. The Morgan fingerprint density at radius 1 is 1.15 bits per heavy atom. The van der Waals surface area contributed by atoms with Gasteiger partial charge in [0.05, 0.1) is 5.71 Å². The van der Waals surface area contributed by atoms with Crippen LogP contribution in [0.5, 0.6) is 11.5 Å². The molecule has 0 saturated heterocycles. The van der Waals surface area contributed by atoms with Gasteiger partial charge in [-0.2, -0.15) is 9.78 Å². The van der Waals surface area contributed by atoms with Crippen LogP contribution in [0.4, 0.5) is 5.82 Å². The number of amides is 1. The molecule has 1 amide bonds. The van der Waals surface area contributed by atoms with E-state index in [1.165, 1.54) is 4.68 Å². The Morgan fingerprint density at radius 2 is 1.97 bits per heavy atom. The van der Waals surface area contributed by atoms with Gasteiger partial charge in [-0.15, -0.1) is 5.10 Å². The van der Waals surface area contributed by atoms with Crippen LogP contribution in [0, 0.1) is 0 Å². The minimum Gasteiger partial charge on any atom is -0.454 e. The summed E-state index contributed by atoms with van der Waals surface area (Å²) in [7, 11) is 0. The number of rotatable bonds is 6. The third-order valence-electron chi connectivity index (χ3n) is 4.96. The molecule has 1 aliphatic heterocycles. The maximum absolute atomic E-state index is 13.1. The van der Waals surface area contributed by atoms with Crippen molar-refractivity contribution in [2.75, 3.05) is 12.5 Å². The molecule has 12 nitrogen and oxygen atoms in total. The van der Waals surface area contributed by atoms with E-state index in [1.54, 1.807) is 18.2 Å². The highest BCUT2D eigenvalue weighted by atomic mass is 16.7. The molecule has 12 heteroatoms. The van der Waals surface area contributed by atoms with E-state index in [0.717, 1.165) is 5.56 Å². The third kappa shape index (κ3) is 3.73. The summed E-state index contributed by atoms with van der Waals surface area (Å²) in [5.41, 5.74) is 10.9. The molecule has 0 aliphatic carbocycles. The highest BCUT2D eigenvalue weighted by molar-refractivity contribution is 6.03. The zero-order valence-electron chi connectivity index (χ0n) is 17.4. The quantitative estimate of drug-likeness (QED) is 0.335. The van der Waals surface area contributed by atoms with Crippen LogP contribution < -0.4 is 20.6 Å². The number of carbonyl (C=O) groups is 1. The number of nitrogens with zero attached hydrogens (tertiary/aromatic N) is 6. The molecule has 4 aromatic rings. The van der Waals surface area contributed by atoms with Crippen LogP contribution in [-0.2, 0) is 0 Å². The Morgan fingerprint density at radius 3 is 2.73 bits per heavy atom. The Bertz CT molecular complexity index is 1350. The van der Waals surface area contributed by atoms with Crippen molar-refractivity contribution in [2.24, 2.45) is 5.10 Å². The zero-order chi connectivity index (χ0) is 22.8. The number of ether oxygens (including phenoxy) is 2. The number of fused-ring (bicyclic) bond motifs is 1. The van der Waals surface area contributed by atoms with Crippen molar-refractivity contribution < 1.29 is 18.9 Å². The fourth-order valence-electron chi connectivity index (χ4n) is 3.37. The van der Waals surface area contributed by atoms with Gasteiger partial charge in [-0.3, -0.25) is 4.79 Å². The van der Waals surface area contributed by atoms with E-state index in [2.05, 4.69) is 31.2 Å². The summed E-state index contributed by atoms with van der Waals surface area (Å²) in [6, 6.07) is 14.7. The predicted molar refractivity (Wildman–Crippen MR) is 116 cm³/mol. The lowest BCUT2D eigenvalue weighted by Gasteiger charge is -2.08. The van der Waals surface area contributed by atoms with Crippen molar-refractivity contribution in [3.05, 3.63) is 59.8 Å². The fourth-order valence-corrected chi connectivity index (χ4v) is 3.37. The van der Waals surface area contributed by atoms with Crippen molar-refractivity contribution in [1.29, 1.82) is 0 Å². The number of nitrogen functional groups attached to an aromatic ring is 1. The Hall–Kier alpha value is -4.74. The van der Waals surface area contributed by atoms with Crippen LogP contribution in [0.2, 0.25) is 0 Å². The first kappa shape index (κ1) is 20.2. The van der Waals surface area contributed by atoms with Crippen molar-refractivity contribution >= 4 is 17.4 Å². The van der Waals surface area contributed by atoms with Crippen LogP contribution in [0.1, 0.15) is 29.4 Å². The molecule has 0 unspecified atom stereocenters. The average Bonchev–Trinajstić information content (AvgIpc) is 3.58. The first-order valence-electron chi connectivity index (χ1n) is 10.0. The molecule has 3 heterocycles. The van der Waals surface area contributed by atoms with E-state index in [1.807, 2.05) is 37.3 Å². The molecule has 0 spiro atoms. The van der Waals surface area contributed by atoms with Gasteiger partial charge < -0.3 is 15.2 Å². The number of benzene rings is 2. The monoisotopic (exact) mass is 446 g/mol. The number of anilines is 1. The number of carbonyl (C=O) groups excluding carboxylic acids is 1. The van der Waals surface area contributed by atoms with Crippen LogP contribution in [0.25, 0.3) is 17.1 Å².